The third-order valence-electron chi connectivity index (χ3n) is 12.6. The van der Waals surface area contributed by atoms with Gasteiger partial charge in [0.25, 0.3) is 0 Å². The first-order chi connectivity index (χ1) is 23.1. The molecule has 2 aliphatic carbocycles. The summed E-state index contributed by atoms with van der Waals surface area (Å²) in [5.41, 5.74) is 1.21. The Labute approximate surface area is 309 Å². The minimum absolute atomic E-state index is 0.0109. The molecule has 3 unspecified atom stereocenters. The molecule has 2 fully saturated rings. The molecule has 0 aromatic heterocycles. The van der Waals surface area contributed by atoms with Crippen molar-refractivity contribution in [2.45, 2.75) is 199 Å². The van der Waals surface area contributed by atoms with E-state index < -0.39 is 34.9 Å². The van der Waals surface area contributed by atoms with Gasteiger partial charge >= 0.3 is 0 Å². The summed E-state index contributed by atoms with van der Waals surface area (Å²) in [5.74, 6) is 0.873. The zero-order chi connectivity index (χ0) is 37.5. The second kappa shape index (κ2) is 18.3. The van der Waals surface area contributed by atoms with E-state index in [-0.39, 0.29) is 40.0 Å². The van der Waals surface area contributed by atoms with E-state index in [1.165, 1.54) is 24.8 Å². The highest BCUT2D eigenvalue weighted by atomic mass is 28.4. The normalized spacial score (nSPS) is 20.6. The van der Waals surface area contributed by atoms with E-state index in [1.54, 1.807) is 0 Å². The molecule has 288 valence electrons. The van der Waals surface area contributed by atoms with Gasteiger partial charge in [0.15, 0.2) is 16.6 Å². The summed E-state index contributed by atoms with van der Waals surface area (Å²) in [7, 11) is -4.51. The number of carbonyl (C=O) groups is 1. The molecular formula is C42H77NO5Si2. The topological polar surface area (TPSA) is 88.0 Å². The van der Waals surface area contributed by atoms with E-state index in [2.05, 4.69) is 117 Å². The van der Waals surface area contributed by atoms with Crippen molar-refractivity contribution in [1.29, 1.82) is 0 Å². The van der Waals surface area contributed by atoms with E-state index in [1.807, 2.05) is 0 Å². The predicted octanol–water partition coefficient (Wildman–Crippen LogP) is 10.0. The molecule has 0 spiro atoms. The fourth-order valence-corrected chi connectivity index (χ4v) is 9.80. The summed E-state index contributed by atoms with van der Waals surface area (Å²) in [5, 5.41) is 26.4. The SMILES string of the molecule is CC(C)CC(O)C(NC(=O)[C@H](CC1CC1)C[C@H](O[Si](C)(C)C(C)(C)C)[C@@H](Cc1ccccc1)O[Si](C)(C)C(C)(C)C)C(O)CC1CCCCC1. The first kappa shape index (κ1) is 43.4. The highest BCUT2D eigenvalue weighted by molar-refractivity contribution is 6.74. The summed E-state index contributed by atoms with van der Waals surface area (Å²) in [4.78, 5) is 14.6. The molecule has 50 heavy (non-hydrogen) atoms. The molecule has 6 nitrogen and oxygen atoms in total. The van der Waals surface area contributed by atoms with E-state index in [0.29, 0.717) is 31.1 Å². The van der Waals surface area contributed by atoms with Gasteiger partial charge in [0.2, 0.25) is 5.91 Å². The first-order valence-electron chi connectivity index (χ1n) is 20.2. The van der Waals surface area contributed by atoms with Crippen LogP contribution in [0.5, 0.6) is 0 Å². The van der Waals surface area contributed by atoms with Crippen molar-refractivity contribution in [2.24, 2.45) is 23.7 Å². The number of nitrogens with one attached hydrogen (secondary N) is 1. The highest BCUT2D eigenvalue weighted by Gasteiger charge is 2.46. The Bertz CT molecular complexity index is 1150. The van der Waals surface area contributed by atoms with Crippen LogP contribution in [0.15, 0.2) is 30.3 Å². The van der Waals surface area contributed by atoms with Gasteiger partial charge in [-0.1, -0.05) is 131 Å². The number of hydrogen-bond acceptors (Lipinski definition) is 5. The monoisotopic (exact) mass is 732 g/mol. The van der Waals surface area contributed by atoms with Gasteiger partial charge < -0.3 is 24.4 Å². The Morgan fingerprint density at radius 1 is 0.760 bits per heavy atom. The lowest BCUT2D eigenvalue weighted by Gasteiger charge is -2.46. The molecule has 0 saturated heterocycles. The maximum absolute atomic E-state index is 14.6. The smallest absolute Gasteiger partial charge is 0.223 e. The van der Waals surface area contributed by atoms with Gasteiger partial charge in [-0.15, -0.1) is 0 Å². The van der Waals surface area contributed by atoms with Crippen molar-refractivity contribution in [3.05, 3.63) is 35.9 Å². The Morgan fingerprint density at radius 3 is 1.78 bits per heavy atom. The molecule has 0 bridgehead atoms. The fourth-order valence-electron chi connectivity index (χ4n) is 7.10. The lowest BCUT2D eigenvalue weighted by atomic mass is 9.82. The summed E-state index contributed by atoms with van der Waals surface area (Å²) in [6, 6.07) is 9.90. The number of aliphatic hydroxyl groups excluding tert-OH is 2. The van der Waals surface area contributed by atoms with Crippen LogP contribution in [-0.2, 0) is 20.1 Å². The van der Waals surface area contributed by atoms with Crippen LogP contribution in [-0.4, -0.2) is 63.2 Å². The first-order valence-corrected chi connectivity index (χ1v) is 26.0. The number of amides is 1. The number of carbonyl (C=O) groups excluding carboxylic acids is 1. The lowest BCUT2D eigenvalue weighted by molar-refractivity contribution is -0.130. The quantitative estimate of drug-likeness (QED) is 0.123. The largest absolute Gasteiger partial charge is 0.411 e. The molecule has 6 atom stereocenters. The molecule has 1 aromatic carbocycles. The molecule has 1 amide bonds. The van der Waals surface area contributed by atoms with Crippen molar-refractivity contribution < 1.29 is 23.9 Å². The second-order valence-corrected chi connectivity index (χ2v) is 29.2. The van der Waals surface area contributed by atoms with Gasteiger partial charge in [-0.3, -0.25) is 4.79 Å². The minimum atomic E-state index is -2.28. The van der Waals surface area contributed by atoms with Crippen molar-refractivity contribution in [3.63, 3.8) is 0 Å². The van der Waals surface area contributed by atoms with Gasteiger partial charge in [0.05, 0.1) is 30.5 Å². The van der Waals surface area contributed by atoms with Gasteiger partial charge in [0, 0.05) is 5.92 Å². The van der Waals surface area contributed by atoms with Crippen LogP contribution in [0.25, 0.3) is 0 Å². The van der Waals surface area contributed by atoms with Gasteiger partial charge in [-0.05, 0) is 91.7 Å². The molecule has 0 aliphatic heterocycles. The average molecular weight is 732 g/mol. The Balaban J connectivity index is 2.00. The van der Waals surface area contributed by atoms with Crippen LogP contribution in [0.2, 0.25) is 36.3 Å². The van der Waals surface area contributed by atoms with Gasteiger partial charge in [0.1, 0.15) is 0 Å². The molecule has 8 heteroatoms. The second-order valence-electron chi connectivity index (χ2n) is 19.7. The zero-order valence-corrected chi connectivity index (χ0v) is 36.2. The Morgan fingerprint density at radius 2 is 1.28 bits per heavy atom. The molecule has 3 N–H and O–H groups in total. The van der Waals surface area contributed by atoms with Crippen LogP contribution < -0.4 is 5.32 Å². The molecule has 3 rings (SSSR count). The molecule has 1 aromatic rings. The molecular weight excluding hydrogens is 655 g/mol. The molecule has 2 aliphatic rings. The Hall–Kier alpha value is -1.04. The summed E-state index contributed by atoms with van der Waals surface area (Å²) in [6.45, 7) is 27.1. The zero-order valence-electron chi connectivity index (χ0n) is 34.2. The number of hydrogen-bond donors (Lipinski definition) is 3. The summed E-state index contributed by atoms with van der Waals surface area (Å²) < 4.78 is 14.7. The molecule has 2 saturated carbocycles. The van der Waals surface area contributed by atoms with E-state index in [4.69, 9.17) is 8.85 Å². The number of rotatable bonds is 19. The van der Waals surface area contributed by atoms with Crippen LogP contribution in [0.1, 0.15) is 132 Å². The van der Waals surface area contributed by atoms with Crippen molar-refractivity contribution in [3.8, 4) is 0 Å². The lowest BCUT2D eigenvalue weighted by Crippen LogP contribution is -2.55. The van der Waals surface area contributed by atoms with Gasteiger partial charge in [-0.2, -0.15) is 0 Å². The highest BCUT2D eigenvalue weighted by Crippen LogP contribution is 2.43. The third-order valence-corrected chi connectivity index (χ3v) is 21.6. The minimum Gasteiger partial charge on any atom is -0.411 e. The van der Waals surface area contributed by atoms with E-state index in [0.717, 1.165) is 38.5 Å². The average Bonchev–Trinajstić information content (AvgIpc) is 3.82. The van der Waals surface area contributed by atoms with Crippen molar-refractivity contribution >= 4 is 22.5 Å². The predicted molar refractivity (Wildman–Crippen MR) is 214 cm³/mol. The fraction of sp³-hybridized carbons (Fsp3) is 0.833. The van der Waals surface area contributed by atoms with E-state index in [9.17, 15) is 15.0 Å². The molecule has 0 heterocycles. The van der Waals surface area contributed by atoms with Crippen LogP contribution in [0.4, 0.5) is 0 Å². The van der Waals surface area contributed by atoms with Gasteiger partial charge in [-0.25, -0.2) is 0 Å². The maximum atomic E-state index is 14.6. The van der Waals surface area contributed by atoms with E-state index >= 15 is 0 Å². The van der Waals surface area contributed by atoms with Crippen LogP contribution >= 0.6 is 0 Å². The summed E-state index contributed by atoms with van der Waals surface area (Å²) in [6.07, 6.45) is 9.38. The third kappa shape index (κ3) is 13.4. The van der Waals surface area contributed by atoms with Crippen molar-refractivity contribution in [2.75, 3.05) is 0 Å². The van der Waals surface area contributed by atoms with Crippen LogP contribution in [0, 0.1) is 23.7 Å². The van der Waals surface area contributed by atoms with Crippen LogP contribution in [0.3, 0.4) is 0 Å². The van der Waals surface area contributed by atoms with Crippen molar-refractivity contribution in [1.82, 2.24) is 5.32 Å². The summed E-state index contributed by atoms with van der Waals surface area (Å²) >= 11 is 0. The maximum Gasteiger partial charge on any atom is 0.223 e. The number of aliphatic hydroxyl groups is 2. The Kier molecular flexibility index (Phi) is 15.9. The molecule has 0 radical (unpaired) electrons. The number of benzene rings is 1. The standard InChI is InChI=1S/C42H77NO5Si2/c1-30(2)25-35(44)39(36(45)27-31-19-15-13-16-20-31)43-40(46)34(26-33-23-24-33)29-38(48-50(11,12)42(6,7)8)37(28-32-21-17-14-18-22-32)47-49(9,10)41(3,4)5/h14,17-18,21-22,30-31,33-39,44-45H,13,15-16,19-20,23-29H2,1-12H3,(H,43,46)/t34-,35?,36?,37-,38+,39?/m1/s1.